The maximum absolute atomic E-state index is 13.8. The van der Waals surface area contributed by atoms with Crippen LogP contribution in [0.1, 0.15) is 22.3 Å². The van der Waals surface area contributed by atoms with E-state index in [1.807, 2.05) is 0 Å². The van der Waals surface area contributed by atoms with E-state index >= 15 is 0 Å². The number of hydrogen-bond acceptors (Lipinski definition) is 10. The summed E-state index contributed by atoms with van der Waals surface area (Å²) < 4.78 is 0. The highest BCUT2D eigenvalue weighted by Gasteiger charge is 2.69. The average molecular weight is 487 g/mol. The van der Waals surface area contributed by atoms with Crippen LogP contribution in [-0.2, 0) is 25.6 Å². The molecule has 35 heavy (non-hydrogen) atoms. The van der Waals surface area contributed by atoms with Gasteiger partial charge in [0.1, 0.15) is 5.75 Å². The molecule has 3 unspecified atom stereocenters. The summed E-state index contributed by atoms with van der Waals surface area (Å²) in [6.07, 6.45) is 0.238. The number of phenols is 1. The number of carbonyl (C=O) groups is 5. The molecule has 1 aromatic rings. The molecule has 4 rings (SSSR count). The number of nitrogens with zero attached hydrogens (tertiary/aromatic N) is 2. The molecular weight excluding hydrogens is 456 g/mol. The lowest BCUT2D eigenvalue weighted by molar-refractivity contribution is -0.181. The third-order valence-corrected chi connectivity index (χ3v) is 7.79. The van der Waals surface area contributed by atoms with Crippen molar-refractivity contribution in [3.8, 4) is 5.75 Å². The number of carbonyl (C=O) groups excluding carboxylic acids is 5. The van der Waals surface area contributed by atoms with E-state index in [4.69, 9.17) is 5.73 Å². The fourth-order valence-corrected chi connectivity index (χ4v) is 6.24. The predicted molar refractivity (Wildman–Crippen MR) is 125 cm³/mol. The highest BCUT2D eigenvalue weighted by atomic mass is 16.3. The minimum Gasteiger partial charge on any atom is -0.505 e. The van der Waals surface area contributed by atoms with E-state index in [1.165, 1.54) is 4.90 Å². The third-order valence-electron chi connectivity index (χ3n) is 7.79. The third kappa shape index (κ3) is 3.21. The van der Waals surface area contributed by atoms with Crippen molar-refractivity contribution in [3.05, 3.63) is 17.2 Å². The van der Waals surface area contributed by atoms with Crippen LogP contribution in [0.25, 0.3) is 0 Å². The second-order valence-corrected chi connectivity index (χ2v) is 10.1. The van der Waals surface area contributed by atoms with E-state index in [0.717, 1.165) is 0 Å². The Morgan fingerprint density at radius 2 is 1.77 bits per heavy atom. The van der Waals surface area contributed by atoms with Crippen LogP contribution in [0, 0.1) is 23.7 Å². The highest BCUT2D eigenvalue weighted by molar-refractivity contribution is 6.32. The van der Waals surface area contributed by atoms with Gasteiger partial charge in [-0.05, 0) is 44.5 Å². The molecule has 0 aliphatic heterocycles. The van der Waals surface area contributed by atoms with E-state index in [1.54, 1.807) is 46.2 Å². The molecule has 0 aromatic heterocycles. The minimum absolute atomic E-state index is 0.0192. The molecular formula is C24H30N4O7. The van der Waals surface area contributed by atoms with Gasteiger partial charge in [0.2, 0.25) is 5.91 Å². The average Bonchev–Trinajstić information content (AvgIpc) is 2.75. The number of benzene rings is 1. The zero-order valence-corrected chi connectivity index (χ0v) is 20.3. The maximum atomic E-state index is 13.8. The number of anilines is 2. The van der Waals surface area contributed by atoms with Crippen molar-refractivity contribution in [1.29, 1.82) is 0 Å². The first kappa shape index (κ1) is 24.8. The number of Topliss-reactive ketones (excluding diaryl/α,β-unsaturated/α-hetero) is 4. The zero-order valence-electron chi connectivity index (χ0n) is 20.3. The standard InChI is InChI=1S/C24H30N4O7/c1-26-12-8-13(27(2)3)10-6-9-7-11-17(28(4)5)20(31)16(23(25)34)22(33)24(11,35)21(32)14(9)19(30)15(10)18(12)29/h8-9,11,14,16-17,26,29,35H,6-7H2,1-5H3,(H2,25,34)/t9-,11-,14?,16?,17?,24-/m0/s1. The van der Waals surface area contributed by atoms with Crippen molar-refractivity contribution < 1.29 is 34.2 Å². The SMILES string of the molecule is CNc1cc(N(C)C)c2c(c1O)C(=O)C1C(=O)[C@]3(O)C(=O)C(C(N)=O)C(=O)C(N(C)C)[C@@H]3C[C@@H]1C2. The molecule has 0 radical (unpaired) electrons. The second-order valence-electron chi connectivity index (χ2n) is 10.1. The van der Waals surface area contributed by atoms with Gasteiger partial charge in [0.05, 0.1) is 23.2 Å². The lowest BCUT2D eigenvalue weighted by atomic mass is 9.52. The fourth-order valence-electron chi connectivity index (χ4n) is 6.24. The second kappa shape index (κ2) is 8.13. The number of nitrogens with two attached hydrogens (primary N) is 1. The van der Waals surface area contributed by atoms with E-state index in [-0.39, 0.29) is 24.2 Å². The lowest BCUT2D eigenvalue weighted by Crippen LogP contribution is -2.74. The Morgan fingerprint density at radius 1 is 1.14 bits per heavy atom. The summed E-state index contributed by atoms with van der Waals surface area (Å²) in [5.74, 6) is -10.5. The number of hydrogen-bond donors (Lipinski definition) is 4. The number of aromatic hydroxyl groups is 1. The number of fused-ring (bicyclic) bond motifs is 3. The molecule has 188 valence electrons. The van der Waals surface area contributed by atoms with E-state index in [9.17, 15) is 34.2 Å². The van der Waals surface area contributed by atoms with Crippen LogP contribution in [0.2, 0.25) is 0 Å². The number of amides is 1. The molecule has 3 aliphatic carbocycles. The Bertz CT molecular complexity index is 1180. The molecule has 0 bridgehead atoms. The first-order valence-electron chi connectivity index (χ1n) is 11.4. The van der Waals surface area contributed by atoms with E-state index in [2.05, 4.69) is 5.32 Å². The van der Waals surface area contributed by atoms with Gasteiger partial charge < -0.3 is 26.2 Å². The quantitative estimate of drug-likeness (QED) is 0.305. The Labute approximate surface area is 202 Å². The molecule has 3 aliphatic rings. The van der Waals surface area contributed by atoms with Gasteiger partial charge in [-0.1, -0.05) is 0 Å². The molecule has 11 heteroatoms. The summed E-state index contributed by atoms with van der Waals surface area (Å²) in [6.45, 7) is 0. The van der Waals surface area contributed by atoms with Gasteiger partial charge in [-0.3, -0.25) is 28.9 Å². The van der Waals surface area contributed by atoms with Gasteiger partial charge in [0, 0.05) is 32.7 Å². The normalized spacial score (nSPS) is 32.1. The number of aliphatic hydroxyl groups is 1. The smallest absolute Gasteiger partial charge is 0.235 e. The van der Waals surface area contributed by atoms with Crippen LogP contribution in [0.3, 0.4) is 0 Å². The summed E-state index contributed by atoms with van der Waals surface area (Å²) in [5.41, 5.74) is 4.09. The number of nitrogens with one attached hydrogen (secondary N) is 1. The van der Waals surface area contributed by atoms with Crippen LogP contribution >= 0.6 is 0 Å². The van der Waals surface area contributed by atoms with Crippen LogP contribution in [0.15, 0.2) is 6.07 Å². The van der Waals surface area contributed by atoms with Crippen LogP contribution in [0.5, 0.6) is 5.75 Å². The summed E-state index contributed by atoms with van der Waals surface area (Å²) in [4.78, 5) is 69.2. The monoisotopic (exact) mass is 486 g/mol. The molecule has 1 amide bonds. The number of ketones is 4. The minimum atomic E-state index is -2.72. The van der Waals surface area contributed by atoms with Crippen molar-refractivity contribution in [2.24, 2.45) is 29.4 Å². The number of phenolic OH excluding ortho intramolecular Hbond substituents is 1. The van der Waals surface area contributed by atoms with Crippen molar-refractivity contribution in [1.82, 2.24) is 4.90 Å². The summed E-state index contributed by atoms with van der Waals surface area (Å²) in [7, 11) is 8.27. The highest BCUT2D eigenvalue weighted by Crippen LogP contribution is 2.52. The molecule has 11 nitrogen and oxygen atoms in total. The largest absolute Gasteiger partial charge is 0.505 e. The number of rotatable bonds is 4. The van der Waals surface area contributed by atoms with Gasteiger partial charge in [-0.25, -0.2) is 0 Å². The summed E-state index contributed by atoms with van der Waals surface area (Å²) in [6, 6.07) is 0.584. The first-order valence-corrected chi connectivity index (χ1v) is 11.4. The Hall–Kier alpha value is -3.31. The fraction of sp³-hybridized carbons (Fsp3) is 0.542. The Balaban J connectivity index is 1.91. The molecule has 2 fully saturated rings. The maximum Gasteiger partial charge on any atom is 0.235 e. The van der Waals surface area contributed by atoms with Gasteiger partial charge in [0.25, 0.3) is 0 Å². The van der Waals surface area contributed by atoms with E-state index in [0.29, 0.717) is 16.9 Å². The van der Waals surface area contributed by atoms with Crippen molar-refractivity contribution in [2.45, 2.75) is 24.5 Å². The number of likely N-dealkylation sites (N-methyl/N-ethyl adjacent to an activating group) is 1. The van der Waals surface area contributed by atoms with Crippen molar-refractivity contribution in [3.63, 3.8) is 0 Å². The van der Waals surface area contributed by atoms with E-state index < -0.39 is 64.4 Å². The van der Waals surface area contributed by atoms with Crippen LogP contribution in [-0.4, -0.2) is 91.0 Å². The van der Waals surface area contributed by atoms with Gasteiger partial charge in [-0.2, -0.15) is 0 Å². The van der Waals surface area contributed by atoms with Gasteiger partial charge in [0.15, 0.2) is 34.7 Å². The van der Waals surface area contributed by atoms with Crippen molar-refractivity contribution >= 4 is 40.4 Å². The zero-order chi connectivity index (χ0) is 26.1. The van der Waals surface area contributed by atoms with Gasteiger partial charge >= 0.3 is 0 Å². The summed E-state index contributed by atoms with van der Waals surface area (Å²) >= 11 is 0. The lowest BCUT2D eigenvalue weighted by Gasteiger charge is -2.52. The molecule has 0 saturated heterocycles. The van der Waals surface area contributed by atoms with Gasteiger partial charge in [-0.15, -0.1) is 0 Å². The molecule has 6 atom stereocenters. The topological polar surface area (TPSA) is 170 Å². The molecule has 0 heterocycles. The van der Waals surface area contributed by atoms with Crippen LogP contribution < -0.4 is 16.0 Å². The predicted octanol–water partition coefficient (Wildman–Crippen LogP) is -1.03. The molecule has 2 saturated carbocycles. The Kier molecular flexibility index (Phi) is 5.76. The number of primary amides is 1. The van der Waals surface area contributed by atoms with Crippen molar-refractivity contribution in [2.75, 3.05) is 45.5 Å². The summed E-state index contributed by atoms with van der Waals surface area (Å²) in [5, 5.41) is 25.3. The molecule has 1 aromatic carbocycles. The van der Waals surface area contributed by atoms with Crippen LogP contribution in [0.4, 0.5) is 11.4 Å². The first-order chi connectivity index (χ1) is 16.3. The molecule has 0 spiro atoms. The Morgan fingerprint density at radius 3 is 2.29 bits per heavy atom. The molecule has 5 N–H and O–H groups in total.